The van der Waals surface area contributed by atoms with E-state index in [-0.39, 0.29) is 11.8 Å². The van der Waals surface area contributed by atoms with Gasteiger partial charge in [-0.15, -0.1) is 0 Å². The molecule has 1 N–H and O–H groups in total. The van der Waals surface area contributed by atoms with Crippen molar-refractivity contribution in [2.45, 2.75) is 25.7 Å². The van der Waals surface area contributed by atoms with Gasteiger partial charge in [0.25, 0.3) is 0 Å². The highest BCUT2D eigenvalue weighted by Crippen LogP contribution is 2.35. The third-order valence-corrected chi connectivity index (χ3v) is 3.41. The van der Waals surface area contributed by atoms with Crippen molar-refractivity contribution in [2.75, 3.05) is 19.0 Å². The van der Waals surface area contributed by atoms with E-state index in [1.54, 1.807) is 24.0 Å². The SMILES string of the molecule is COCC(C)Oc1ccc(C(F)(F)F)cc1NCc1cncn1C. The van der Waals surface area contributed by atoms with Gasteiger partial charge in [-0.1, -0.05) is 0 Å². The number of nitrogens with zero attached hydrogens (tertiary/aromatic N) is 2. The minimum absolute atomic E-state index is 0.272. The van der Waals surface area contributed by atoms with Crippen LogP contribution in [0, 0.1) is 0 Å². The van der Waals surface area contributed by atoms with Crippen LogP contribution in [0.15, 0.2) is 30.7 Å². The maximum atomic E-state index is 13.0. The molecule has 5 nitrogen and oxygen atoms in total. The summed E-state index contributed by atoms with van der Waals surface area (Å²) in [4.78, 5) is 3.98. The minimum Gasteiger partial charge on any atom is -0.486 e. The first-order chi connectivity index (χ1) is 11.3. The first kappa shape index (κ1) is 18.1. The Morgan fingerprint density at radius 2 is 2.08 bits per heavy atom. The highest BCUT2D eigenvalue weighted by Gasteiger charge is 2.31. The van der Waals surface area contributed by atoms with Crippen LogP contribution in [0.25, 0.3) is 0 Å². The molecule has 2 aromatic rings. The Kier molecular flexibility index (Phi) is 5.71. The second-order valence-electron chi connectivity index (χ2n) is 5.44. The summed E-state index contributed by atoms with van der Waals surface area (Å²) in [7, 11) is 3.35. The van der Waals surface area contributed by atoms with Crippen LogP contribution in [0.4, 0.5) is 18.9 Å². The largest absolute Gasteiger partial charge is 0.486 e. The monoisotopic (exact) mass is 343 g/mol. The summed E-state index contributed by atoms with van der Waals surface area (Å²) in [6, 6.07) is 3.37. The molecule has 1 aromatic heterocycles. The van der Waals surface area contributed by atoms with E-state index in [9.17, 15) is 13.2 Å². The molecule has 0 bridgehead atoms. The molecule has 0 saturated carbocycles. The third-order valence-electron chi connectivity index (χ3n) is 3.41. The molecule has 1 aromatic carbocycles. The smallest absolute Gasteiger partial charge is 0.416 e. The lowest BCUT2D eigenvalue weighted by Gasteiger charge is -2.19. The molecule has 24 heavy (non-hydrogen) atoms. The second kappa shape index (κ2) is 7.57. The van der Waals surface area contributed by atoms with E-state index in [1.165, 1.54) is 13.2 Å². The van der Waals surface area contributed by atoms with Gasteiger partial charge >= 0.3 is 6.18 Å². The van der Waals surface area contributed by atoms with Crippen LogP contribution >= 0.6 is 0 Å². The first-order valence-electron chi connectivity index (χ1n) is 7.37. The van der Waals surface area contributed by atoms with Crippen molar-refractivity contribution in [1.29, 1.82) is 0 Å². The van der Waals surface area contributed by atoms with E-state index >= 15 is 0 Å². The van der Waals surface area contributed by atoms with E-state index in [2.05, 4.69) is 10.3 Å². The molecule has 0 radical (unpaired) electrons. The summed E-state index contributed by atoms with van der Waals surface area (Å²) in [5.74, 6) is 0.342. The number of rotatable bonds is 7. The van der Waals surface area contributed by atoms with Gasteiger partial charge in [-0.05, 0) is 25.1 Å². The molecule has 8 heteroatoms. The zero-order valence-electron chi connectivity index (χ0n) is 13.7. The number of aromatic nitrogens is 2. The standard InChI is InChI=1S/C16H20F3N3O2/c1-11(9-23-3)24-15-5-4-12(16(17,18)19)6-14(15)21-8-13-7-20-10-22(13)2/h4-7,10-11,21H,8-9H2,1-3H3. The Labute approximate surface area is 138 Å². The molecule has 0 fully saturated rings. The predicted molar refractivity (Wildman–Crippen MR) is 83.9 cm³/mol. The number of benzene rings is 1. The average molecular weight is 343 g/mol. The summed E-state index contributed by atoms with van der Waals surface area (Å²) >= 11 is 0. The topological polar surface area (TPSA) is 48.3 Å². The van der Waals surface area contributed by atoms with Crippen molar-refractivity contribution in [3.63, 3.8) is 0 Å². The molecule has 1 atom stereocenters. The lowest BCUT2D eigenvalue weighted by Crippen LogP contribution is -2.19. The lowest BCUT2D eigenvalue weighted by molar-refractivity contribution is -0.137. The zero-order chi connectivity index (χ0) is 17.7. The maximum Gasteiger partial charge on any atom is 0.416 e. The van der Waals surface area contributed by atoms with Crippen molar-refractivity contribution in [3.8, 4) is 5.75 Å². The number of methoxy groups -OCH3 is 1. The summed E-state index contributed by atoms with van der Waals surface area (Å²) < 4.78 is 51.3. The van der Waals surface area contributed by atoms with Gasteiger partial charge in [-0.25, -0.2) is 4.98 Å². The number of nitrogens with one attached hydrogen (secondary N) is 1. The molecule has 132 valence electrons. The van der Waals surface area contributed by atoms with E-state index in [1.807, 2.05) is 7.05 Å². The number of hydrogen-bond acceptors (Lipinski definition) is 4. The number of hydrogen-bond donors (Lipinski definition) is 1. The number of ether oxygens (including phenoxy) is 2. The number of anilines is 1. The van der Waals surface area contributed by atoms with Gasteiger partial charge in [-0.2, -0.15) is 13.2 Å². The Morgan fingerprint density at radius 3 is 2.67 bits per heavy atom. The maximum absolute atomic E-state index is 13.0. The van der Waals surface area contributed by atoms with Crippen molar-refractivity contribution in [1.82, 2.24) is 9.55 Å². The summed E-state index contributed by atoms with van der Waals surface area (Å²) in [5.41, 5.74) is 0.374. The van der Waals surface area contributed by atoms with Gasteiger partial charge in [0, 0.05) is 20.4 Å². The minimum atomic E-state index is -4.42. The molecule has 2 rings (SSSR count). The first-order valence-corrected chi connectivity index (χ1v) is 7.37. The molecule has 0 spiro atoms. The van der Waals surface area contributed by atoms with Crippen LogP contribution < -0.4 is 10.1 Å². The fourth-order valence-electron chi connectivity index (χ4n) is 2.17. The Hall–Kier alpha value is -2.22. The number of alkyl halides is 3. The average Bonchev–Trinajstić information content (AvgIpc) is 2.90. The second-order valence-corrected chi connectivity index (χ2v) is 5.44. The molecular formula is C16H20F3N3O2. The molecular weight excluding hydrogens is 323 g/mol. The van der Waals surface area contributed by atoms with Gasteiger partial charge in [0.15, 0.2) is 0 Å². The van der Waals surface area contributed by atoms with E-state index in [4.69, 9.17) is 9.47 Å². The molecule has 0 aliphatic heterocycles. The molecule has 0 amide bonds. The van der Waals surface area contributed by atoms with Gasteiger partial charge in [0.2, 0.25) is 0 Å². The molecule has 0 aliphatic carbocycles. The van der Waals surface area contributed by atoms with Gasteiger partial charge in [0.05, 0.1) is 36.4 Å². The highest BCUT2D eigenvalue weighted by atomic mass is 19.4. The van der Waals surface area contributed by atoms with Crippen molar-refractivity contribution < 1.29 is 22.6 Å². The highest BCUT2D eigenvalue weighted by molar-refractivity contribution is 5.58. The van der Waals surface area contributed by atoms with Gasteiger partial charge in [-0.3, -0.25) is 0 Å². The molecule has 1 heterocycles. The van der Waals surface area contributed by atoms with Crippen LogP contribution in [0.1, 0.15) is 18.2 Å². The molecule has 1 unspecified atom stereocenters. The fourth-order valence-corrected chi connectivity index (χ4v) is 2.17. The van der Waals surface area contributed by atoms with Crippen molar-refractivity contribution in [2.24, 2.45) is 7.05 Å². The summed E-state index contributed by atoms with van der Waals surface area (Å²) in [6.07, 6.45) is -1.43. The summed E-state index contributed by atoms with van der Waals surface area (Å²) in [6.45, 7) is 2.45. The number of imidazole rings is 1. The fraction of sp³-hybridized carbons (Fsp3) is 0.438. The number of aryl methyl sites for hydroxylation is 1. The van der Waals surface area contributed by atoms with Gasteiger partial charge in [0.1, 0.15) is 11.9 Å². The van der Waals surface area contributed by atoms with E-state index in [0.29, 0.717) is 18.9 Å². The quantitative estimate of drug-likeness (QED) is 0.836. The zero-order valence-corrected chi connectivity index (χ0v) is 13.7. The Balaban J connectivity index is 2.23. The third kappa shape index (κ3) is 4.64. The van der Waals surface area contributed by atoms with E-state index < -0.39 is 11.7 Å². The normalized spacial score (nSPS) is 12.9. The van der Waals surface area contributed by atoms with Crippen molar-refractivity contribution >= 4 is 5.69 Å². The van der Waals surface area contributed by atoms with Crippen molar-refractivity contribution in [3.05, 3.63) is 42.0 Å². The van der Waals surface area contributed by atoms with Gasteiger partial charge < -0.3 is 19.4 Å². The van der Waals surface area contributed by atoms with E-state index in [0.717, 1.165) is 17.8 Å². The van der Waals surface area contributed by atoms with Crippen LogP contribution in [0.3, 0.4) is 0 Å². The summed E-state index contributed by atoms with van der Waals surface area (Å²) in [5, 5.41) is 2.99. The Morgan fingerprint density at radius 1 is 1.33 bits per heavy atom. The Bertz CT molecular complexity index is 671. The lowest BCUT2D eigenvalue weighted by atomic mass is 10.1. The van der Waals surface area contributed by atoms with Crippen LogP contribution in [0.5, 0.6) is 5.75 Å². The molecule has 0 saturated heterocycles. The molecule has 0 aliphatic rings. The number of halogens is 3. The van der Waals surface area contributed by atoms with Crippen LogP contribution in [-0.2, 0) is 24.5 Å². The van der Waals surface area contributed by atoms with Crippen LogP contribution in [-0.4, -0.2) is 29.4 Å². The predicted octanol–water partition coefficient (Wildman–Crippen LogP) is 3.46. The van der Waals surface area contributed by atoms with Crippen LogP contribution in [0.2, 0.25) is 0 Å².